The molecule has 0 saturated carbocycles. The fraction of sp³-hybridized carbons (Fsp3) is 0.474. The van der Waals surface area contributed by atoms with Crippen LogP contribution in [0, 0.1) is 11.8 Å². The van der Waals surface area contributed by atoms with Crippen molar-refractivity contribution in [1.29, 1.82) is 0 Å². The van der Waals surface area contributed by atoms with Crippen LogP contribution in [0.25, 0.3) is 0 Å². The van der Waals surface area contributed by atoms with Crippen LogP contribution in [0.3, 0.4) is 0 Å². The fourth-order valence-electron chi connectivity index (χ4n) is 7.51. The molecule has 2 nitrogen and oxygen atoms in total. The topological polar surface area (TPSA) is 18.5 Å². The molecular weight excluding hydrogens is 545 g/mol. The van der Waals surface area contributed by atoms with E-state index in [1.807, 2.05) is 0 Å². The van der Waals surface area contributed by atoms with Crippen LogP contribution < -0.4 is 0 Å². The fourth-order valence-corrected chi connectivity index (χ4v) is 15.3. The third-order valence-corrected chi connectivity index (χ3v) is 21.0. The molecule has 4 aliphatic rings. The van der Waals surface area contributed by atoms with Crippen LogP contribution in [0.15, 0.2) is 120 Å². The molecule has 0 spiro atoms. The molecule has 0 saturated heterocycles. The highest BCUT2D eigenvalue weighted by molar-refractivity contribution is 6.77. The first kappa shape index (κ1) is 32.3. The third-order valence-electron chi connectivity index (χ3n) is 10.2. The Labute approximate surface area is 259 Å². The van der Waals surface area contributed by atoms with Crippen molar-refractivity contribution in [2.75, 3.05) is 0 Å². The average molecular weight is 599 g/mol. The Bertz CT molecular complexity index is 1280. The van der Waals surface area contributed by atoms with Gasteiger partial charge in [0.05, 0.1) is 0 Å². The molecule has 4 aliphatic carbocycles. The summed E-state index contributed by atoms with van der Waals surface area (Å²) in [5.74, 6) is 2.82. The summed E-state index contributed by atoms with van der Waals surface area (Å²) >= 11 is 0. The van der Waals surface area contributed by atoms with Crippen LogP contribution in [0.5, 0.6) is 0 Å². The van der Waals surface area contributed by atoms with E-state index < -0.39 is 16.6 Å². The van der Waals surface area contributed by atoms with Gasteiger partial charge in [0.2, 0.25) is 0 Å². The van der Waals surface area contributed by atoms with E-state index in [-0.39, 0.29) is 0 Å². The molecule has 0 fully saturated rings. The summed E-state index contributed by atoms with van der Waals surface area (Å²) in [6.07, 6.45) is 28.7. The minimum absolute atomic E-state index is 0.290. The van der Waals surface area contributed by atoms with Crippen molar-refractivity contribution in [3.63, 3.8) is 0 Å². The first-order chi connectivity index (χ1) is 20.0. The molecule has 226 valence electrons. The molecule has 0 aromatic rings. The van der Waals surface area contributed by atoms with E-state index in [1.54, 1.807) is 0 Å². The quantitative estimate of drug-likeness (QED) is 0.138. The predicted octanol–water partition coefficient (Wildman–Crippen LogP) is 11.6. The van der Waals surface area contributed by atoms with E-state index >= 15 is 0 Å². The van der Waals surface area contributed by atoms with Gasteiger partial charge in [0.1, 0.15) is 11.5 Å². The van der Waals surface area contributed by atoms with Crippen molar-refractivity contribution in [2.24, 2.45) is 11.8 Å². The Kier molecular flexibility index (Phi) is 10.3. The van der Waals surface area contributed by atoms with Crippen molar-refractivity contribution in [3.05, 3.63) is 120 Å². The zero-order valence-electron chi connectivity index (χ0n) is 27.5. The highest BCUT2D eigenvalue weighted by atomic mass is 28.4. The maximum Gasteiger partial charge on any atom is 0.259 e. The molecule has 2 unspecified atom stereocenters. The molecule has 42 heavy (non-hydrogen) atoms. The van der Waals surface area contributed by atoms with E-state index in [0.717, 1.165) is 36.4 Å². The van der Waals surface area contributed by atoms with Crippen molar-refractivity contribution in [2.45, 2.75) is 102 Å². The van der Waals surface area contributed by atoms with Crippen LogP contribution in [-0.2, 0) is 8.85 Å². The van der Waals surface area contributed by atoms with Gasteiger partial charge in [-0.1, -0.05) is 116 Å². The Morgan fingerprint density at radius 1 is 0.738 bits per heavy atom. The Morgan fingerprint density at radius 3 is 1.90 bits per heavy atom. The Hall–Kier alpha value is -2.57. The van der Waals surface area contributed by atoms with E-state index in [4.69, 9.17) is 8.85 Å². The zero-order valence-corrected chi connectivity index (χ0v) is 29.5. The smallest absolute Gasteiger partial charge is 0.259 e. The molecule has 0 aromatic carbocycles. The summed E-state index contributed by atoms with van der Waals surface area (Å²) in [6.45, 7) is 27.0. The second-order valence-corrected chi connectivity index (χ2v) is 23.4. The van der Waals surface area contributed by atoms with E-state index in [2.05, 4.69) is 141 Å². The van der Waals surface area contributed by atoms with Gasteiger partial charge in [-0.3, -0.25) is 0 Å². The summed E-state index contributed by atoms with van der Waals surface area (Å²) in [5.41, 5.74) is 7.52. The first-order valence-corrected chi connectivity index (χ1v) is 20.7. The van der Waals surface area contributed by atoms with Crippen LogP contribution in [-0.4, -0.2) is 16.6 Å². The minimum atomic E-state index is -2.13. The molecule has 0 bridgehead atoms. The Morgan fingerprint density at radius 2 is 1.31 bits per heavy atom. The number of allylic oxidation sites excluding steroid dienone is 16. The lowest BCUT2D eigenvalue weighted by molar-refractivity contribution is 0.388. The molecule has 0 N–H and O–H groups in total. The van der Waals surface area contributed by atoms with Crippen LogP contribution in [0.2, 0.25) is 34.3 Å². The summed E-state index contributed by atoms with van der Waals surface area (Å²) in [7, 11) is -4.26. The summed E-state index contributed by atoms with van der Waals surface area (Å²) < 4.78 is 14.6. The highest BCUT2D eigenvalue weighted by Crippen LogP contribution is 2.48. The van der Waals surface area contributed by atoms with Crippen molar-refractivity contribution >= 4 is 16.6 Å². The van der Waals surface area contributed by atoms with Gasteiger partial charge in [-0.25, -0.2) is 0 Å². The maximum atomic E-state index is 7.30. The molecule has 4 rings (SSSR count). The van der Waals surface area contributed by atoms with Gasteiger partial charge in [0.25, 0.3) is 16.6 Å². The molecule has 2 atom stereocenters. The Balaban J connectivity index is 1.71. The summed E-state index contributed by atoms with van der Waals surface area (Å²) in [4.78, 5) is 0. The van der Waals surface area contributed by atoms with Crippen molar-refractivity contribution in [1.82, 2.24) is 0 Å². The van der Waals surface area contributed by atoms with Gasteiger partial charge >= 0.3 is 0 Å². The van der Waals surface area contributed by atoms with Gasteiger partial charge in [-0.15, -0.1) is 13.2 Å². The van der Waals surface area contributed by atoms with Crippen LogP contribution in [0.1, 0.15) is 68.2 Å². The number of rotatable bonds is 15. The molecular formula is C38H54O2Si2. The zero-order chi connectivity index (χ0) is 30.7. The van der Waals surface area contributed by atoms with Crippen molar-refractivity contribution in [3.8, 4) is 0 Å². The SMILES string of the molecule is C=CC[Si](OC1=CC2C=CC=CC2=C1CCC1=C(O[Si](CC=C)(C(C)C)C(C)C)C=C2C=CC=CC21)(C(C)C)C(C)C. The summed E-state index contributed by atoms with van der Waals surface area (Å²) in [5, 5.41) is 0. The summed E-state index contributed by atoms with van der Waals surface area (Å²) in [6, 6.07) is 1.93. The number of hydrogen-bond donors (Lipinski definition) is 0. The lowest BCUT2D eigenvalue weighted by Gasteiger charge is -2.39. The molecule has 0 radical (unpaired) electrons. The lowest BCUT2D eigenvalue weighted by atomic mass is 9.87. The molecule has 0 aliphatic heterocycles. The van der Waals surface area contributed by atoms with Gasteiger partial charge in [0.15, 0.2) is 0 Å². The van der Waals surface area contributed by atoms with Crippen LogP contribution >= 0.6 is 0 Å². The van der Waals surface area contributed by atoms with E-state index in [1.165, 1.54) is 22.3 Å². The molecule has 0 amide bonds. The largest absolute Gasteiger partial charge is 0.543 e. The number of fused-ring (bicyclic) bond motifs is 2. The van der Waals surface area contributed by atoms with Gasteiger partial charge in [0, 0.05) is 11.8 Å². The predicted molar refractivity (Wildman–Crippen MR) is 187 cm³/mol. The van der Waals surface area contributed by atoms with Crippen LogP contribution in [0.4, 0.5) is 0 Å². The monoisotopic (exact) mass is 598 g/mol. The standard InChI is InChI=1S/C38H54O2Si2/c1-11-23-41(27(3)4,28(5)6)39-37-25-31-17-13-15-19-33(31)35(37)21-22-36-34-20-16-14-18-32(34)26-38(36)40-42(24-12-2,29(7)8)30(9)10/h11-20,25-31,34H,1-2,21-24H2,3-10H3. The maximum absolute atomic E-state index is 7.30. The molecule has 0 heterocycles. The lowest BCUT2D eigenvalue weighted by Crippen LogP contribution is -2.44. The third kappa shape index (κ3) is 6.08. The van der Waals surface area contributed by atoms with Gasteiger partial charge < -0.3 is 8.85 Å². The van der Waals surface area contributed by atoms with E-state index in [9.17, 15) is 0 Å². The highest BCUT2D eigenvalue weighted by Gasteiger charge is 2.46. The molecule has 4 heteroatoms. The first-order valence-electron chi connectivity index (χ1n) is 16.2. The van der Waals surface area contributed by atoms with Gasteiger partial charge in [-0.2, -0.15) is 0 Å². The second-order valence-electron chi connectivity index (χ2n) is 13.7. The molecule has 0 aromatic heterocycles. The minimum Gasteiger partial charge on any atom is -0.543 e. The van der Waals surface area contributed by atoms with Gasteiger partial charge in [-0.05, 0) is 81.5 Å². The normalized spacial score (nSPS) is 21.5. The average Bonchev–Trinajstić information content (AvgIpc) is 3.47. The number of hydrogen-bond acceptors (Lipinski definition) is 2. The van der Waals surface area contributed by atoms with Crippen molar-refractivity contribution < 1.29 is 8.85 Å². The second kappa shape index (κ2) is 13.4. The van der Waals surface area contributed by atoms with E-state index in [0.29, 0.717) is 34.0 Å².